The summed E-state index contributed by atoms with van der Waals surface area (Å²) in [6, 6.07) is 16.4. The lowest BCUT2D eigenvalue weighted by Crippen LogP contribution is -2.29. The summed E-state index contributed by atoms with van der Waals surface area (Å²) in [6.07, 6.45) is 0. The van der Waals surface area contributed by atoms with Crippen molar-refractivity contribution in [3.8, 4) is 11.5 Å². The fraction of sp³-hybridized carbons (Fsp3) is 0.368. The smallest absolute Gasteiger partial charge is 0.161 e. The molecule has 1 unspecified atom stereocenters. The first-order valence-electron chi connectivity index (χ1n) is 7.79. The SMILES string of the molecule is COCC(C)NCc1ccc(OC)c(OCc2ccccc2)c1. The van der Waals surface area contributed by atoms with Crippen molar-refractivity contribution in [1.82, 2.24) is 5.32 Å². The van der Waals surface area contributed by atoms with Crippen LogP contribution in [0.2, 0.25) is 0 Å². The first kappa shape index (κ1) is 17.3. The number of rotatable bonds is 9. The molecule has 0 aliphatic rings. The molecular weight excluding hydrogens is 290 g/mol. The van der Waals surface area contributed by atoms with Crippen LogP contribution in [0.3, 0.4) is 0 Å². The molecule has 124 valence electrons. The maximum absolute atomic E-state index is 5.93. The zero-order valence-electron chi connectivity index (χ0n) is 14.0. The molecule has 0 fully saturated rings. The quantitative estimate of drug-likeness (QED) is 0.770. The normalized spacial score (nSPS) is 12.0. The molecule has 0 amide bonds. The summed E-state index contributed by atoms with van der Waals surface area (Å²) in [5, 5.41) is 3.42. The first-order valence-corrected chi connectivity index (χ1v) is 7.79. The highest BCUT2D eigenvalue weighted by molar-refractivity contribution is 5.43. The van der Waals surface area contributed by atoms with Gasteiger partial charge in [-0.15, -0.1) is 0 Å². The van der Waals surface area contributed by atoms with Crippen molar-refractivity contribution in [2.45, 2.75) is 26.1 Å². The van der Waals surface area contributed by atoms with E-state index in [1.165, 1.54) is 0 Å². The standard InChI is InChI=1S/C19H25NO3/c1-15(13-21-2)20-12-17-9-10-18(22-3)19(11-17)23-14-16-7-5-4-6-8-16/h4-11,15,20H,12-14H2,1-3H3. The van der Waals surface area contributed by atoms with Gasteiger partial charge in [0.1, 0.15) is 6.61 Å². The molecule has 4 nitrogen and oxygen atoms in total. The van der Waals surface area contributed by atoms with E-state index in [0.717, 1.165) is 29.2 Å². The van der Waals surface area contributed by atoms with E-state index in [9.17, 15) is 0 Å². The highest BCUT2D eigenvalue weighted by Gasteiger charge is 2.07. The van der Waals surface area contributed by atoms with Gasteiger partial charge in [-0.25, -0.2) is 0 Å². The van der Waals surface area contributed by atoms with Crippen LogP contribution in [0.25, 0.3) is 0 Å². The summed E-state index contributed by atoms with van der Waals surface area (Å²) in [4.78, 5) is 0. The van der Waals surface area contributed by atoms with Crippen molar-refractivity contribution in [2.75, 3.05) is 20.8 Å². The lowest BCUT2D eigenvalue weighted by molar-refractivity contribution is 0.171. The van der Waals surface area contributed by atoms with Gasteiger partial charge in [0.25, 0.3) is 0 Å². The molecule has 0 bridgehead atoms. The minimum absolute atomic E-state index is 0.302. The molecule has 0 heterocycles. The van der Waals surface area contributed by atoms with Crippen molar-refractivity contribution in [2.24, 2.45) is 0 Å². The van der Waals surface area contributed by atoms with E-state index in [0.29, 0.717) is 19.3 Å². The monoisotopic (exact) mass is 315 g/mol. The fourth-order valence-corrected chi connectivity index (χ4v) is 2.28. The minimum atomic E-state index is 0.302. The Kier molecular flexibility index (Phi) is 6.91. The molecule has 23 heavy (non-hydrogen) atoms. The van der Waals surface area contributed by atoms with Crippen LogP contribution < -0.4 is 14.8 Å². The molecular formula is C19H25NO3. The number of hydrogen-bond donors (Lipinski definition) is 1. The molecule has 1 atom stereocenters. The predicted molar refractivity (Wildman–Crippen MR) is 91.9 cm³/mol. The number of hydrogen-bond acceptors (Lipinski definition) is 4. The molecule has 2 rings (SSSR count). The number of nitrogens with one attached hydrogen (secondary N) is 1. The largest absolute Gasteiger partial charge is 0.493 e. The minimum Gasteiger partial charge on any atom is -0.493 e. The van der Waals surface area contributed by atoms with Gasteiger partial charge in [0.05, 0.1) is 13.7 Å². The molecule has 0 radical (unpaired) electrons. The van der Waals surface area contributed by atoms with Gasteiger partial charge < -0.3 is 19.5 Å². The van der Waals surface area contributed by atoms with E-state index < -0.39 is 0 Å². The van der Waals surface area contributed by atoms with Crippen LogP contribution in [-0.4, -0.2) is 26.9 Å². The number of methoxy groups -OCH3 is 2. The molecule has 2 aromatic carbocycles. The summed E-state index contributed by atoms with van der Waals surface area (Å²) in [6.45, 7) is 4.07. The van der Waals surface area contributed by atoms with Crippen LogP contribution in [0.4, 0.5) is 0 Å². The highest BCUT2D eigenvalue weighted by atomic mass is 16.5. The lowest BCUT2D eigenvalue weighted by Gasteiger charge is -2.15. The molecule has 1 N–H and O–H groups in total. The Bertz CT molecular complexity index is 586. The third-order valence-electron chi connectivity index (χ3n) is 3.54. The van der Waals surface area contributed by atoms with Gasteiger partial charge in [-0.1, -0.05) is 36.4 Å². The Morgan fingerprint density at radius 2 is 1.74 bits per heavy atom. The van der Waals surface area contributed by atoms with Gasteiger partial charge in [-0.2, -0.15) is 0 Å². The van der Waals surface area contributed by atoms with Crippen molar-refractivity contribution in [3.63, 3.8) is 0 Å². The van der Waals surface area contributed by atoms with Crippen LogP contribution in [0.5, 0.6) is 11.5 Å². The first-order chi connectivity index (χ1) is 11.2. The van der Waals surface area contributed by atoms with Gasteiger partial charge in [0, 0.05) is 19.7 Å². The summed E-state index contributed by atoms with van der Waals surface area (Å²) in [5.74, 6) is 1.50. The molecule has 4 heteroatoms. The van der Waals surface area contributed by atoms with Crippen molar-refractivity contribution < 1.29 is 14.2 Å². The molecule has 0 aromatic heterocycles. The van der Waals surface area contributed by atoms with Crippen LogP contribution in [0.1, 0.15) is 18.1 Å². The Morgan fingerprint density at radius 3 is 2.43 bits per heavy atom. The van der Waals surface area contributed by atoms with E-state index >= 15 is 0 Å². The topological polar surface area (TPSA) is 39.7 Å². The Hall–Kier alpha value is -2.04. The molecule has 0 spiro atoms. The zero-order chi connectivity index (χ0) is 16.5. The van der Waals surface area contributed by atoms with Crippen LogP contribution in [-0.2, 0) is 17.9 Å². The van der Waals surface area contributed by atoms with E-state index in [-0.39, 0.29) is 0 Å². The van der Waals surface area contributed by atoms with E-state index in [2.05, 4.69) is 12.2 Å². The highest BCUT2D eigenvalue weighted by Crippen LogP contribution is 2.28. The Labute approximate surface area is 138 Å². The van der Waals surface area contributed by atoms with Gasteiger partial charge >= 0.3 is 0 Å². The maximum Gasteiger partial charge on any atom is 0.161 e. The van der Waals surface area contributed by atoms with Crippen molar-refractivity contribution >= 4 is 0 Å². The summed E-state index contributed by atoms with van der Waals surface area (Å²) in [7, 11) is 3.37. The van der Waals surface area contributed by atoms with Crippen molar-refractivity contribution in [1.29, 1.82) is 0 Å². The molecule has 0 saturated carbocycles. The average molecular weight is 315 g/mol. The van der Waals surface area contributed by atoms with Gasteiger partial charge in [-0.05, 0) is 30.2 Å². The molecule has 0 aliphatic heterocycles. The van der Waals surface area contributed by atoms with Crippen molar-refractivity contribution in [3.05, 3.63) is 59.7 Å². The summed E-state index contributed by atoms with van der Waals surface area (Å²) in [5.41, 5.74) is 2.28. The summed E-state index contributed by atoms with van der Waals surface area (Å²) < 4.78 is 16.5. The molecule has 0 aliphatic carbocycles. The zero-order valence-corrected chi connectivity index (χ0v) is 14.0. The third kappa shape index (κ3) is 5.58. The van der Waals surface area contributed by atoms with Gasteiger partial charge in [0.15, 0.2) is 11.5 Å². The average Bonchev–Trinajstić information content (AvgIpc) is 2.59. The second kappa shape index (κ2) is 9.18. The second-order valence-electron chi connectivity index (χ2n) is 5.50. The fourth-order valence-electron chi connectivity index (χ4n) is 2.28. The van der Waals surface area contributed by atoms with E-state index in [1.54, 1.807) is 14.2 Å². The van der Waals surface area contributed by atoms with E-state index in [4.69, 9.17) is 14.2 Å². The lowest BCUT2D eigenvalue weighted by atomic mass is 10.2. The number of benzene rings is 2. The summed E-state index contributed by atoms with van der Waals surface area (Å²) >= 11 is 0. The van der Waals surface area contributed by atoms with Gasteiger partial charge in [-0.3, -0.25) is 0 Å². The Balaban J connectivity index is 2.00. The predicted octanol–water partition coefficient (Wildman–Crippen LogP) is 3.40. The third-order valence-corrected chi connectivity index (χ3v) is 3.54. The van der Waals surface area contributed by atoms with E-state index in [1.807, 2.05) is 48.5 Å². The van der Waals surface area contributed by atoms with Crippen LogP contribution in [0, 0.1) is 0 Å². The maximum atomic E-state index is 5.93. The van der Waals surface area contributed by atoms with Gasteiger partial charge in [0.2, 0.25) is 0 Å². The van der Waals surface area contributed by atoms with Crippen LogP contribution in [0.15, 0.2) is 48.5 Å². The van der Waals surface area contributed by atoms with Crippen LogP contribution >= 0.6 is 0 Å². The number of ether oxygens (including phenoxy) is 3. The second-order valence-corrected chi connectivity index (χ2v) is 5.50. The molecule has 0 saturated heterocycles. The Morgan fingerprint density at radius 1 is 0.957 bits per heavy atom. The molecule has 2 aromatic rings.